The minimum atomic E-state index is -1.91. The molecule has 0 radical (unpaired) electrons. The van der Waals surface area contributed by atoms with Gasteiger partial charge in [0, 0.05) is 5.92 Å². The molecule has 4 heteroatoms. The van der Waals surface area contributed by atoms with E-state index >= 15 is 0 Å². The topological polar surface area (TPSA) is 46.5 Å². The van der Waals surface area contributed by atoms with E-state index in [-0.39, 0.29) is 17.1 Å². The molecule has 1 N–H and O–H groups in total. The molecule has 132 valence electrons. The third-order valence-corrected chi connectivity index (χ3v) is 11.1. The van der Waals surface area contributed by atoms with E-state index in [1.165, 1.54) is 0 Å². The normalized spacial score (nSPS) is 28.8. The predicted molar refractivity (Wildman–Crippen MR) is 97.1 cm³/mol. The minimum absolute atomic E-state index is 0.00516. The molecule has 0 aromatic rings. The second kappa shape index (κ2) is 6.36. The summed E-state index contributed by atoms with van der Waals surface area (Å²) in [7, 11) is -1.91. The van der Waals surface area contributed by atoms with Crippen LogP contribution in [0.1, 0.15) is 65.7 Å². The number of hydrogen-bond acceptors (Lipinski definition) is 2. The minimum Gasteiger partial charge on any atom is -0.481 e. The summed E-state index contributed by atoms with van der Waals surface area (Å²) >= 11 is 0. The molecule has 2 atom stereocenters. The van der Waals surface area contributed by atoms with Crippen molar-refractivity contribution >= 4 is 14.3 Å². The molecule has 3 nitrogen and oxygen atoms in total. The van der Waals surface area contributed by atoms with E-state index in [0.717, 1.165) is 50.5 Å². The van der Waals surface area contributed by atoms with Gasteiger partial charge < -0.3 is 9.53 Å². The molecule has 0 aromatic heterocycles. The van der Waals surface area contributed by atoms with E-state index in [9.17, 15) is 9.90 Å². The molecule has 0 saturated heterocycles. The summed E-state index contributed by atoms with van der Waals surface area (Å²) in [5.41, 5.74) is 0.469. The van der Waals surface area contributed by atoms with Gasteiger partial charge in [-0.05, 0) is 43.8 Å². The highest BCUT2D eigenvalue weighted by Gasteiger charge is 2.54. The van der Waals surface area contributed by atoms with Gasteiger partial charge in [-0.15, -0.1) is 0 Å². The Labute approximate surface area is 142 Å². The molecule has 0 unspecified atom stereocenters. The fraction of sp³-hybridized carbons (Fsp3) is 0.842. The van der Waals surface area contributed by atoms with E-state index in [1.54, 1.807) is 0 Å². The molecule has 2 aliphatic rings. The van der Waals surface area contributed by atoms with Crippen LogP contribution in [-0.4, -0.2) is 25.5 Å². The molecule has 23 heavy (non-hydrogen) atoms. The molecule has 2 saturated carbocycles. The lowest BCUT2D eigenvalue weighted by Crippen LogP contribution is -2.50. The molecule has 0 spiro atoms. The van der Waals surface area contributed by atoms with Gasteiger partial charge in [0.15, 0.2) is 8.32 Å². The monoisotopic (exact) mass is 338 g/mol. The van der Waals surface area contributed by atoms with Crippen molar-refractivity contribution in [3.05, 3.63) is 12.2 Å². The molecular formula is C19H34O3Si. The Morgan fingerprint density at radius 2 is 1.83 bits per heavy atom. The van der Waals surface area contributed by atoms with Crippen LogP contribution in [0.4, 0.5) is 0 Å². The van der Waals surface area contributed by atoms with E-state index in [2.05, 4.69) is 40.4 Å². The predicted octanol–water partition coefficient (Wildman–Crippen LogP) is 5.38. The van der Waals surface area contributed by atoms with Gasteiger partial charge in [0.25, 0.3) is 0 Å². The van der Waals surface area contributed by atoms with E-state index < -0.39 is 19.7 Å². The highest BCUT2D eigenvalue weighted by Crippen LogP contribution is 2.53. The Bertz CT molecular complexity index is 469. The molecule has 2 rings (SSSR count). The van der Waals surface area contributed by atoms with Crippen LogP contribution in [-0.2, 0) is 9.22 Å². The van der Waals surface area contributed by atoms with Crippen LogP contribution in [0, 0.1) is 11.3 Å². The molecule has 0 aliphatic heterocycles. The number of rotatable bonds is 4. The fourth-order valence-corrected chi connectivity index (χ4v) is 5.55. The molecule has 0 heterocycles. The van der Waals surface area contributed by atoms with E-state index in [4.69, 9.17) is 4.43 Å². The lowest BCUT2D eigenvalue weighted by atomic mass is 9.63. The summed E-state index contributed by atoms with van der Waals surface area (Å²) in [6.07, 6.45) is 6.64. The lowest BCUT2D eigenvalue weighted by molar-refractivity contribution is -0.156. The van der Waals surface area contributed by atoms with Gasteiger partial charge in [0.1, 0.15) is 0 Å². The molecule has 2 aliphatic carbocycles. The first kappa shape index (κ1) is 18.7. The average Bonchev–Trinajstić information content (AvgIpc) is 2.79. The summed E-state index contributed by atoms with van der Waals surface area (Å²) in [6, 6.07) is 0. The first-order valence-corrected chi connectivity index (χ1v) is 12.0. The van der Waals surface area contributed by atoms with Gasteiger partial charge in [-0.1, -0.05) is 52.2 Å². The first-order valence-electron chi connectivity index (χ1n) is 9.10. The van der Waals surface area contributed by atoms with Crippen molar-refractivity contribution in [2.24, 2.45) is 11.3 Å². The quantitative estimate of drug-likeness (QED) is 0.553. The third kappa shape index (κ3) is 3.43. The Hall–Kier alpha value is -0.613. The Balaban J connectivity index is 2.30. The Morgan fingerprint density at radius 1 is 1.26 bits per heavy atom. The van der Waals surface area contributed by atoms with Crippen molar-refractivity contribution in [2.45, 2.75) is 90.0 Å². The van der Waals surface area contributed by atoms with Crippen LogP contribution < -0.4 is 0 Å². The summed E-state index contributed by atoms with van der Waals surface area (Å²) in [6.45, 7) is 15.5. The van der Waals surface area contributed by atoms with Crippen molar-refractivity contribution in [1.82, 2.24) is 0 Å². The number of carboxylic acids is 1. The van der Waals surface area contributed by atoms with Gasteiger partial charge in [-0.25, -0.2) is 0 Å². The Morgan fingerprint density at radius 3 is 2.30 bits per heavy atom. The zero-order valence-corrected chi connectivity index (χ0v) is 16.6. The summed E-state index contributed by atoms with van der Waals surface area (Å²) in [4.78, 5) is 12.2. The second-order valence-electron chi connectivity index (χ2n) is 9.11. The maximum Gasteiger partial charge on any atom is 0.310 e. The van der Waals surface area contributed by atoms with Crippen LogP contribution in [0.5, 0.6) is 0 Å². The smallest absolute Gasteiger partial charge is 0.310 e. The van der Waals surface area contributed by atoms with Crippen molar-refractivity contribution < 1.29 is 14.3 Å². The van der Waals surface area contributed by atoms with Crippen molar-refractivity contribution in [2.75, 3.05) is 0 Å². The van der Waals surface area contributed by atoms with Gasteiger partial charge in [-0.3, -0.25) is 4.79 Å². The summed E-state index contributed by atoms with van der Waals surface area (Å²) in [5.74, 6) is -0.636. The molecule has 0 aromatic carbocycles. The van der Waals surface area contributed by atoms with Crippen molar-refractivity contribution in [3.8, 4) is 0 Å². The van der Waals surface area contributed by atoms with Crippen LogP contribution >= 0.6 is 0 Å². The lowest BCUT2D eigenvalue weighted by Gasteiger charge is -2.45. The Kier molecular flexibility index (Phi) is 5.18. The maximum atomic E-state index is 12.2. The van der Waals surface area contributed by atoms with Gasteiger partial charge >= 0.3 is 5.97 Å². The number of aliphatic carboxylic acids is 1. The standard InChI is InChI=1S/C19H34O3Si/c1-14-10-11-15(22-23(5,6)18(2,3)4)16(14)19(17(20)21)12-8-7-9-13-19/h15-16H,1,7-13H2,2-6H3,(H,20,21)/t15-,16-/m0/s1. The zero-order chi connectivity index (χ0) is 17.5. The molecule has 0 bridgehead atoms. The summed E-state index contributed by atoms with van der Waals surface area (Å²) < 4.78 is 6.69. The van der Waals surface area contributed by atoms with Crippen molar-refractivity contribution in [1.29, 1.82) is 0 Å². The van der Waals surface area contributed by atoms with Gasteiger partial charge in [0.2, 0.25) is 0 Å². The SMILES string of the molecule is C=C1CC[C@H](O[Si](C)(C)C(C)(C)C)[C@H]1C1(C(=O)O)CCCCC1. The van der Waals surface area contributed by atoms with Gasteiger partial charge in [-0.2, -0.15) is 0 Å². The summed E-state index contributed by atoms with van der Waals surface area (Å²) in [5, 5.41) is 10.2. The molecule has 2 fully saturated rings. The largest absolute Gasteiger partial charge is 0.481 e. The van der Waals surface area contributed by atoms with E-state index in [1.807, 2.05) is 0 Å². The number of hydrogen-bond donors (Lipinski definition) is 1. The fourth-order valence-electron chi connectivity index (χ4n) is 4.18. The number of carbonyl (C=O) groups is 1. The second-order valence-corrected chi connectivity index (χ2v) is 13.9. The molecular weight excluding hydrogens is 304 g/mol. The third-order valence-electron chi connectivity index (χ3n) is 6.58. The maximum absolute atomic E-state index is 12.2. The average molecular weight is 339 g/mol. The number of carboxylic acid groups (broad SMARTS) is 1. The van der Waals surface area contributed by atoms with E-state index in [0.29, 0.717) is 0 Å². The van der Waals surface area contributed by atoms with Crippen LogP contribution in [0.25, 0.3) is 0 Å². The van der Waals surface area contributed by atoms with Gasteiger partial charge in [0.05, 0.1) is 11.5 Å². The highest BCUT2D eigenvalue weighted by molar-refractivity contribution is 6.74. The van der Waals surface area contributed by atoms with Crippen LogP contribution in [0.3, 0.4) is 0 Å². The highest BCUT2D eigenvalue weighted by atomic mass is 28.4. The first-order chi connectivity index (χ1) is 10.5. The van der Waals surface area contributed by atoms with Crippen molar-refractivity contribution in [3.63, 3.8) is 0 Å². The van der Waals surface area contributed by atoms with Crippen LogP contribution in [0.15, 0.2) is 12.2 Å². The molecule has 0 amide bonds. The van der Waals surface area contributed by atoms with Crippen LogP contribution in [0.2, 0.25) is 18.1 Å². The zero-order valence-electron chi connectivity index (χ0n) is 15.6.